The Morgan fingerprint density at radius 1 is 1.10 bits per heavy atom. The Labute approximate surface area is 178 Å². The molecule has 3 rings (SSSR count). The number of nitrogens with one attached hydrogen (secondary N) is 2. The van der Waals surface area contributed by atoms with Crippen LogP contribution >= 0.6 is 11.3 Å². The molecule has 2 N–H and O–H groups in total. The smallest absolute Gasteiger partial charge is 0.286 e. The van der Waals surface area contributed by atoms with E-state index in [9.17, 15) is 17.6 Å². The standard InChI is InChI=1S/C20H21FN4O3S2/c1-13(2)11-14-7-9-15(10-8-14)30(27,28)22-12-18-24-25-20(29-18)19(26)23-17-6-4-3-5-16(17)21/h3-10,13,22H,11-12H2,1-2H3,(H,23,26). The lowest BCUT2D eigenvalue weighted by molar-refractivity contribution is 0.102. The Kier molecular flexibility index (Phi) is 6.91. The number of hydrogen-bond donors (Lipinski definition) is 2. The second-order valence-corrected chi connectivity index (χ2v) is 9.83. The van der Waals surface area contributed by atoms with Gasteiger partial charge in [0.1, 0.15) is 10.8 Å². The molecule has 0 aliphatic heterocycles. The van der Waals surface area contributed by atoms with Gasteiger partial charge in [-0.15, -0.1) is 10.2 Å². The van der Waals surface area contributed by atoms with Crippen molar-refractivity contribution in [1.29, 1.82) is 0 Å². The van der Waals surface area contributed by atoms with E-state index < -0.39 is 21.7 Å². The Morgan fingerprint density at radius 3 is 2.47 bits per heavy atom. The zero-order valence-electron chi connectivity index (χ0n) is 16.4. The van der Waals surface area contributed by atoms with Crippen LogP contribution in [0.1, 0.15) is 34.2 Å². The quantitative estimate of drug-likeness (QED) is 0.548. The number of halogens is 1. The summed E-state index contributed by atoms with van der Waals surface area (Å²) in [6, 6.07) is 12.5. The monoisotopic (exact) mass is 448 g/mol. The number of anilines is 1. The predicted molar refractivity (Wildman–Crippen MR) is 113 cm³/mol. The molecule has 10 heteroatoms. The normalized spacial score (nSPS) is 11.6. The van der Waals surface area contributed by atoms with Gasteiger partial charge in [0.05, 0.1) is 17.1 Å². The number of amides is 1. The first-order valence-corrected chi connectivity index (χ1v) is 11.5. The molecule has 0 atom stereocenters. The van der Waals surface area contributed by atoms with Crippen molar-refractivity contribution in [2.75, 3.05) is 5.32 Å². The number of para-hydroxylation sites is 1. The van der Waals surface area contributed by atoms with Crippen LogP contribution < -0.4 is 10.0 Å². The Morgan fingerprint density at radius 2 is 1.80 bits per heavy atom. The molecule has 0 aliphatic carbocycles. The fourth-order valence-corrected chi connectivity index (χ4v) is 4.43. The van der Waals surface area contributed by atoms with Crippen molar-refractivity contribution < 1.29 is 17.6 Å². The average molecular weight is 449 g/mol. The highest BCUT2D eigenvalue weighted by molar-refractivity contribution is 7.89. The summed E-state index contributed by atoms with van der Waals surface area (Å²) in [6.07, 6.45) is 0.871. The summed E-state index contributed by atoms with van der Waals surface area (Å²) in [5.74, 6) is -0.706. The molecule has 30 heavy (non-hydrogen) atoms. The van der Waals surface area contributed by atoms with Crippen molar-refractivity contribution in [3.05, 3.63) is 69.9 Å². The van der Waals surface area contributed by atoms with E-state index in [1.165, 1.54) is 18.2 Å². The highest BCUT2D eigenvalue weighted by Crippen LogP contribution is 2.17. The number of aromatic nitrogens is 2. The lowest BCUT2D eigenvalue weighted by atomic mass is 10.0. The van der Waals surface area contributed by atoms with Gasteiger partial charge in [-0.05, 0) is 42.2 Å². The van der Waals surface area contributed by atoms with Gasteiger partial charge >= 0.3 is 0 Å². The highest BCUT2D eigenvalue weighted by atomic mass is 32.2. The van der Waals surface area contributed by atoms with Gasteiger partial charge in [-0.2, -0.15) is 0 Å². The van der Waals surface area contributed by atoms with Gasteiger partial charge in [-0.3, -0.25) is 4.79 Å². The van der Waals surface area contributed by atoms with Crippen molar-refractivity contribution in [3.8, 4) is 0 Å². The zero-order valence-corrected chi connectivity index (χ0v) is 18.1. The van der Waals surface area contributed by atoms with Crippen molar-refractivity contribution in [2.45, 2.75) is 31.7 Å². The fourth-order valence-electron chi connectivity index (χ4n) is 2.67. The molecule has 0 fully saturated rings. The minimum absolute atomic E-state index is 0.00508. The van der Waals surface area contributed by atoms with E-state index in [0.29, 0.717) is 10.9 Å². The van der Waals surface area contributed by atoms with Crippen LogP contribution in [-0.2, 0) is 23.0 Å². The zero-order chi connectivity index (χ0) is 21.7. The molecule has 0 radical (unpaired) electrons. The summed E-state index contributed by atoms with van der Waals surface area (Å²) in [4.78, 5) is 12.4. The number of sulfonamides is 1. The maximum Gasteiger partial charge on any atom is 0.286 e. The Hall–Kier alpha value is -2.69. The molecule has 0 aliphatic rings. The lowest BCUT2D eigenvalue weighted by Crippen LogP contribution is -2.23. The summed E-state index contributed by atoms with van der Waals surface area (Å²) < 4.78 is 41.1. The fraction of sp³-hybridized carbons (Fsp3) is 0.250. The molecular weight excluding hydrogens is 427 g/mol. The molecule has 1 amide bonds. The van der Waals surface area contributed by atoms with Gasteiger partial charge in [0.2, 0.25) is 15.0 Å². The second-order valence-electron chi connectivity index (χ2n) is 7.00. The summed E-state index contributed by atoms with van der Waals surface area (Å²) in [6.45, 7) is 4.08. The van der Waals surface area contributed by atoms with Crippen molar-refractivity contribution in [3.63, 3.8) is 0 Å². The van der Waals surface area contributed by atoms with Gasteiger partial charge in [0.15, 0.2) is 0 Å². The SMILES string of the molecule is CC(C)Cc1ccc(S(=O)(=O)NCc2nnc(C(=O)Nc3ccccc3F)s2)cc1. The number of benzene rings is 2. The summed E-state index contributed by atoms with van der Waals surface area (Å²) in [5, 5.41) is 10.3. The van der Waals surface area contributed by atoms with E-state index >= 15 is 0 Å². The first-order chi connectivity index (χ1) is 14.2. The molecule has 3 aromatic rings. The highest BCUT2D eigenvalue weighted by Gasteiger charge is 2.18. The maximum atomic E-state index is 13.6. The van der Waals surface area contributed by atoms with Gasteiger partial charge in [-0.25, -0.2) is 17.5 Å². The molecule has 0 spiro atoms. The van der Waals surface area contributed by atoms with E-state index in [1.807, 2.05) is 0 Å². The minimum atomic E-state index is -3.73. The van der Waals surface area contributed by atoms with Crippen LogP contribution in [0.2, 0.25) is 0 Å². The van der Waals surface area contributed by atoms with Crippen LogP contribution in [0.25, 0.3) is 0 Å². The lowest BCUT2D eigenvalue weighted by Gasteiger charge is -2.08. The number of carbonyl (C=O) groups is 1. The maximum absolute atomic E-state index is 13.6. The van der Waals surface area contributed by atoms with Crippen LogP contribution in [-0.4, -0.2) is 24.5 Å². The summed E-state index contributed by atoms with van der Waals surface area (Å²) >= 11 is 0.928. The minimum Gasteiger partial charge on any atom is -0.317 e. The van der Waals surface area contributed by atoms with Crippen LogP contribution in [0.3, 0.4) is 0 Å². The number of rotatable bonds is 8. The molecular formula is C20H21FN4O3S2. The molecule has 0 bridgehead atoms. The van der Waals surface area contributed by atoms with Crippen LogP contribution in [0.5, 0.6) is 0 Å². The van der Waals surface area contributed by atoms with Crippen LogP contribution in [0.4, 0.5) is 10.1 Å². The van der Waals surface area contributed by atoms with Gasteiger partial charge < -0.3 is 5.32 Å². The molecule has 0 saturated heterocycles. The second kappa shape index (κ2) is 9.41. The van der Waals surface area contributed by atoms with E-state index in [-0.39, 0.29) is 22.1 Å². The van der Waals surface area contributed by atoms with E-state index in [4.69, 9.17) is 0 Å². The molecule has 0 saturated carbocycles. The third-order valence-corrected chi connectivity index (χ3v) is 6.41. The van der Waals surface area contributed by atoms with Gasteiger partial charge in [0.25, 0.3) is 5.91 Å². The average Bonchev–Trinajstić information content (AvgIpc) is 3.18. The van der Waals surface area contributed by atoms with Crippen molar-refractivity contribution in [2.24, 2.45) is 5.92 Å². The van der Waals surface area contributed by atoms with E-state index in [1.54, 1.807) is 30.3 Å². The van der Waals surface area contributed by atoms with Crippen LogP contribution in [0.15, 0.2) is 53.4 Å². The third kappa shape index (κ3) is 5.68. The molecule has 1 aromatic heterocycles. The molecule has 1 heterocycles. The molecule has 2 aromatic carbocycles. The van der Waals surface area contributed by atoms with Gasteiger partial charge in [-0.1, -0.05) is 49.4 Å². The van der Waals surface area contributed by atoms with Crippen molar-refractivity contribution >= 4 is 33.0 Å². The first kappa shape index (κ1) is 22.0. The summed E-state index contributed by atoms with van der Waals surface area (Å²) in [5.41, 5.74) is 1.10. The number of hydrogen-bond acceptors (Lipinski definition) is 6. The number of carbonyl (C=O) groups excluding carboxylic acids is 1. The summed E-state index contributed by atoms with van der Waals surface area (Å²) in [7, 11) is -3.73. The van der Waals surface area contributed by atoms with E-state index in [0.717, 1.165) is 23.3 Å². The third-order valence-electron chi connectivity index (χ3n) is 4.07. The Balaban J connectivity index is 1.61. The topological polar surface area (TPSA) is 101 Å². The Bertz CT molecular complexity index is 1130. The molecule has 7 nitrogen and oxygen atoms in total. The number of nitrogens with zero attached hydrogens (tertiary/aromatic N) is 2. The van der Waals surface area contributed by atoms with Crippen molar-refractivity contribution in [1.82, 2.24) is 14.9 Å². The first-order valence-electron chi connectivity index (χ1n) is 9.21. The predicted octanol–water partition coefficient (Wildman–Crippen LogP) is 3.61. The molecule has 158 valence electrons. The van der Waals surface area contributed by atoms with Crippen LogP contribution in [0, 0.1) is 11.7 Å². The molecule has 0 unspecified atom stereocenters. The van der Waals surface area contributed by atoms with E-state index in [2.05, 4.69) is 34.1 Å². The van der Waals surface area contributed by atoms with Gasteiger partial charge in [0, 0.05) is 0 Å². The largest absolute Gasteiger partial charge is 0.317 e.